The summed E-state index contributed by atoms with van der Waals surface area (Å²) >= 11 is 0. The van der Waals surface area contributed by atoms with Gasteiger partial charge in [-0.3, -0.25) is 4.79 Å². The second-order valence-electron chi connectivity index (χ2n) is 4.67. The average molecular weight is 300 g/mol. The van der Waals surface area contributed by atoms with Crippen molar-refractivity contribution in [2.24, 2.45) is 5.92 Å². The molecule has 0 aromatic carbocycles. The van der Waals surface area contributed by atoms with E-state index in [9.17, 15) is 13.2 Å². The second-order valence-corrected chi connectivity index (χ2v) is 6.90. The molecule has 20 heavy (non-hydrogen) atoms. The van der Waals surface area contributed by atoms with Crippen molar-refractivity contribution < 1.29 is 22.7 Å². The fourth-order valence-corrected chi connectivity index (χ4v) is 4.04. The highest BCUT2D eigenvalue weighted by Gasteiger charge is 2.31. The van der Waals surface area contributed by atoms with Crippen LogP contribution >= 0.6 is 0 Å². The molecule has 0 saturated carbocycles. The molecule has 2 heterocycles. The number of hydrogen-bond donors (Lipinski definition) is 0. The highest BCUT2D eigenvalue weighted by Crippen LogP contribution is 2.25. The average Bonchev–Trinajstić information content (AvgIpc) is 2.76. The molecule has 1 saturated heterocycles. The first-order valence-corrected chi connectivity index (χ1v) is 7.96. The van der Waals surface area contributed by atoms with Gasteiger partial charge in [-0.1, -0.05) is 0 Å². The predicted octanol–water partition coefficient (Wildman–Crippen LogP) is 0.501. The predicted molar refractivity (Wildman–Crippen MR) is 70.8 cm³/mol. The summed E-state index contributed by atoms with van der Waals surface area (Å²) in [7, 11) is -0.161. The molecule has 1 aromatic heterocycles. The van der Waals surface area contributed by atoms with E-state index in [4.69, 9.17) is 9.47 Å². The van der Waals surface area contributed by atoms with Crippen LogP contribution in [-0.4, -0.2) is 49.9 Å². The molecule has 0 spiro atoms. The molecular formula is C12H16N2O5S. The van der Waals surface area contributed by atoms with E-state index < -0.39 is 9.84 Å². The van der Waals surface area contributed by atoms with Crippen molar-refractivity contribution in [1.82, 2.24) is 9.97 Å². The van der Waals surface area contributed by atoms with Gasteiger partial charge in [0, 0.05) is 6.42 Å². The van der Waals surface area contributed by atoms with Crippen molar-refractivity contribution in [3.05, 3.63) is 11.9 Å². The lowest BCUT2D eigenvalue weighted by atomic mass is 10.0. The Kier molecular flexibility index (Phi) is 4.22. The Morgan fingerprint density at radius 2 is 2.15 bits per heavy atom. The molecular weight excluding hydrogens is 284 g/mol. The number of ether oxygens (including phenoxy) is 2. The molecule has 1 aliphatic heterocycles. The van der Waals surface area contributed by atoms with Gasteiger partial charge in [0.2, 0.25) is 11.8 Å². The minimum atomic E-state index is -2.99. The van der Waals surface area contributed by atoms with E-state index in [0.29, 0.717) is 6.42 Å². The number of ketones is 1. The Bertz CT molecular complexity index is 614. The molecule has 0 amide bonds. The standard InChI is InChI=1S/C12H16N2O5S/c1-18-10-6-13-11(12(14-10)19-2)9(15)5-8-3-4-20(16,17)7-8/h6,8H,3-5,7H2,1-2H3. The van der Waals surface area contributed by atoms with Gasteiger partial charge in [0.15, 0.2) is 21.3 Å². The van der Waals surface area contributed by atoms with Crippen LogP contribution in [0.4, 0.5) is 0 Å². The molecule has 1 aromatic rings. The number of methoxy groups -OCH3 is 2. The lowest BCUT2D eigenvalue weighted by molar-refractivity contribution is 0.0956. The van der Waals surface area contributed by atoms with E-state index in [1.165, 1.54) is 20.4 Å². The Balaban J connectivity index is 2.13. The summed E-state index contributed by atoms with van der Waals surface area (Å²) in [5, 5.41) is 0. The first-order valence-electron chi connectivity index (χ1n) is 6.14. The summed E-state index contributed by atoms with van der Waals surface area (Å²) in [4.78, 5) is 20.1. The third-order valence-corrected chi connectivity index (χ3v) is 5.02. The van der Waals surface area contributed by atoms with Crippen LogP contribution in [0.5, 0.6) is 11.8 Å². The number of nitrogens with zero attached hydrogens (tertiary/aromatic N) is 2. The highest BCUT2D eigenvalue weighted by atomic mass is 32.2. The number of hydrogen-bond acceptors (Lipinski definition) is 7. The molecule has 0 aliphatic carbocycles. The van der Waals surface area contributed by atoms with Crippen LogP contribution in [-0.2, 0) is 9.84 Å². The Labute approximate surface area is 117 Å². The van der Waals surface area contributed by atoms with Crippen LogP contribution in [0.3, 0.4) is 0 Å². The van der Waals surface area contributed by atoms with Gasteiger partial charge in [-0.2, -0.15) is 4.98 Å². The fourth-order valence-electron chi connectivity index (χ4n) is 2.18. The van der Waals surface area contributed by atoms with Gasteiger partial charge in [0.05, 0.1) is 31.9 Å². The topological polar surface area (TPSA) is 95.5 Å². The van der Waals surface area contributed by atoms with Crippen molar-refractivity contribution in [1.29, 1.82) is 0 Å². The van der Waals surface area contributed by atoms with Crippen molar-refractivity contribution in [2.45, 2.75) is 12.8 Å². The molecule has 1 aliphatic rings. The van der Waals surface area contributed by atoms with Crippen LogP contribution in [0.25, 0.3) is 0 Å². The molecule has 2 rings (SSSR count). The summed E-state index contributed by atoms with van der Waals surface area (Å²) in [6, 6.07) is 0. The lowest BCUT2D eigenvalue weighted by Crippen LogP contribution is -2.13. The molecule has 0 N–H and O–H groups in total. The van der Waals surface area contributed by atoms with E-state index in [0.717, 1.165) is 0 Å². The van der Waals surface area contributed by atoms with Crippen molar-refractivity contribution >= 4 is 15.6 Å². The molecule has 1 fully saturated rings. The Hall–Kier alpha value is -1.70. The van der Waals surface area contributed by atoms with E-state index in [2.05, 4.69) is 9.97 Å². The third-order valence-electron chi connectivity index (χ3n) is 3.19. The number of rotatable bonds is 5. The van der Waals surface area contributed by atoms with Gasteiger partial charge >= 0.3 is 0 Å². The zero-order valence-electron chi connectivity index (χ0n) is 11.3. The summed E-state index contributed by atoms with van der Waals surface area (Å²) < 4.78 is 32.7. The zero-order chi connectivity index (χ0) is 14.8. The Morgan fingerprint density at radius 1 is 1.40 bits per heavy atom. The van der Waals surface area contributed by atoms with Crippen LogP contribution in [0.1, 0.15) is 23.3 Å². The van der Waals surface area contributed by atoms with Crippen molar-refractivity contribution in [2.75, 3.05) is 25.7 Å². The number of carbonyl (C=O) groups is 1. The lowest BCUT2D eigenvalue weighted by Gasteiger charge is -2.09. The van der Waals surface area contributed by atoms with Crippen LogP contribution in [0.15, 0.2) is 6.20 Å². The van der Waals surface area contributed by atoms with Gasteiger partial charge in [0.1, 0.15) is 0 Å². The monoisotopic (exact) mass is 300 g/mol. The normalized spacial score (nSPS) is 20.6. The van der Waals surface area contributed by atoms with Crippen LogP contribution < -0.4 is 9.47 Å². The maximum Gasteiger partial charge on any atom is 0.246 e. The quantitative estimate of drug-likeness (QED) is 0.731. The Morgan fingerprint density at radius 3 is 2.70 bits per heavy atom. The maximum atomic E-state index is 12.2. The van der Waals surface area contributed by atoms with Crippen LogP contribution in [0, 0.1) is 5.92 Å². The first kappa shape index (κ1) is 14.7. The second kappa shape index (κ2) is 5.74. The van der Waals surface area contributed by atoms with Gasteiger partial charge in [-0.25, -0.2) is 13.4 Å². The SMILES string of the molecule is COc1cnc(C(=O)CC2CCS(=O)(=O)C2)c(OC)n1. The highest BCUT2D eigenvalue weighted by molar-refractivity contribution is 7.91. The summed E-state index contributed by atoms with van der Waals surface area (Å²) in [5.41, 5.74) is 0.109. The van der Waals surface area contributed by atoms with Gasteiger partial charge in [-0.05, 0) is 12.3 Å². The minimum absolute atomic E-state index is 0.0602. The molecule has 0 bridgehead atoms. The third kappa shape index (κ3) is 3.24. The summed E-state index contributed by atoms with van der Waals surface area (Å²) in [6.45, 7) is 0. The number of sulfone groups is 1. The first-order chi connectivity index (χ1) is 9.45. The minimum Gasteiger partial charge on any atom is -0.480 e. The molecule has 7 nitrogen and oxygen atoms in total. The van der Waals surface area contributed by atoms with Gasteiger partial charge in [0.25, 0.3) is 0 Å². The number of Topliss-reactive ketones (excluding diaryl/α,β-unsaturated/α-hetero) is 1. The molecule has 110 valence electrons. The van der Waals surface area contributed by atoms with Gasteiger partial charge in [-0.15, -0.1) is 0 Å². The van der Waals surface area contributed by atoms with Crippen molar-refractivity contribution in [3.63, 3.8) is 0 Å². The molecule has 1 unspecified atom stereocenters. The van der Waals surface area contributed by atoms with E-state index >= 15 is 0 Å². The molecule has 0 radical (unpaired) electrons. The number of aromatic nitrogens is 2. The van der Waals surface area contributed by atoms with Gasteiger partial charge < -0.3 is 9.47 Å². The zero-order valence-corrected chi connectivity index (χ0v) is 12.1. The summed E-state index contributed by atoms with van der Waals surface area (Å²) in [6.07, 6.45) is 1.98. The smallest absolute Gasteiger partial charge is 0.246 e. The largest absolute Gasteiger partial charge is 0.480 e. The molecule has 1 atom stereocenters. The maximum absolute atomic E-state index is 12.2. The van der Waals surface area contributed by atoms with E-state index in [1.807, 2.05) is 0 Å². The van der Waals surface area contributed by atoms with Crippen LogP contribution in [0.2, 0.25) is 0 Å². The fraction of sp³-hybridized carbons (Fsp3) is 0.583. The van der Waals surface area contributed by atoms with Crippen molar-refractivity contribution in [3.8, 4) is 11.8 Å². The van der Waals surface area contributed by atoms with E-state index in [1.54, 1.807) is 0 Å². The molecule has 8 heteroatoms. The summed E-state index contributed by atoms with van der Waals surface area (Å²) in [5.74, 6) is 0.137. The number of carbonyl (C=O) groups excluding carboxylic acids is 1. The van der Waals surface area contributed by atoms with E-state index in [-0.39, 0.29) is 47.1 Å².